The zero-order valence-corrected chi connectivity index (χ0v) is 13.7. The average molecular weight is 289 g/mol. The molecule has 0 fully saturated rings. The smallest absolute Gasteiger partial charge is 0.174 e. The van der Waals surface area contributed by atoms with Gasteiger partial charge in [0.1, 0.15) is 5.75 Å². The van der Waals surface area contributed by atoms with Crippen molar-refractivity contribution >= 4 is 5.78 Å². The maximum absolute atomic E-state index is 12.8. The summed E-state index contributed by atoms with van der Waals surface area (Å²) in [6, 6.07) is 4.13. The van der Waals surface area contributed by atoms with E-state index in [1.54, 1.807) is 0 Å². The van der Waals surface area contributed by atoms with Crippen LogP contribution >= 0.6 is 0 Å². The predicted octanol–water partition coefficient (Wildman–Crippen LogP) is 3.70. The molecule has 3 nitrogen and oxygen atoms in total. The van der Waals surface area contributed by atoms with Gasteiger partial charge in [0, 0.05) is 6.54 Å². The Morgan fingerprint density at radius 1 is 1.38 bits per heavy atom. The molecule has 0 bridgehead atoms. The number of ketones is 1. The normalized spacial score (nSPS) is 17.8. The first kappa shape index (κ1) is 16.0. The number of fused-ring (bicyclic) bond motifs is 1. The number of carbonyl (C=O) groups excluding carboxylic acids is 1. The van der Waals surface area contributed by atoms with Gasteiger partial charge in [0.2, 0.25) is 0 Å². The van der Waals surface area contributed by atoms with Crippen LogP contribution in [0, 0.1) is 12.8 Å². The molecule has 1 aromatic carbocycles. The van der Waals surface area contributed by atoms with Crippen molar-refractivity contribution in [3.63, 3.8) is 0 Å². The molecule has 0 aliphatic carbocycles. The molecule has 21 heavy (non-hydrogen) atoms. The summed E-state index contributed by atoms with van der Waals surface area (Å²) in [5.41, 5.74) is 2.98. The van der Waals surface area contributed by atoms with Crippen molar-refractivity contribution in [1.29, 1.82) is 0 Å². The fourth-order valence-corrected chi connectivity index (χ4v) is 2.82. The van der Waals surface area contributed by atoms with E-state index in [4.69, 9.17) is 4.74 Å². The second-order valence-electron chi connectivity index (χ2n) is 6.26. The van der Waals surface area contributed by atoms with E-state index in [0.717, 1.165) is 35.4 Å². The third kappa shape index (κ3) is 3.46. The molecule has 0 unspecified atom stereocenters. The van der Waals surface area contributed by atoms with Gasteiger partial charge in [-0.05, 0) is 36.9 Å². The molecule has 3 heteroatoms. The number of hydrogen-bond donors (Lipinski definition) is 1. The Morgan fingerprint density at radius 2 is 2.14 bits per heavy atom. The third-order valence-corrected chi connectivity index (χ3v) is 4.15. The lowest BCUT2D eigenvalue weighted by molar-refractivity contribution is 0.0826. The highest BCUT2D eigenvalue weighted by atomic mass is 16.5. The van der Waals surface area contributed by atoms with Crippen LogP contribution < -0.4 is 10.1 Å². The van der Waals surface area contributed by atoms with Gasteiger partial charge in [-0.3, -0.25) is 4.79 Å². The van der Waals surface area contributed by atoms with Crippen LogP contribution in [0.15, 0.2) is 12.1 Å². The standard InChI is InChI=1S/C18H27NO2/c1-5-6-9-19-10-14-11-21-18-13(4)7-8-15(12(2)3)16(18)17(14)20/h7-8,12,14,19H,5-6,9-11H2,1-4H3/t14-/m1/s1. The molecule has 0 saturated heterocycles. The van der Waals surface area contributed by atoms with Gasteiger partial charge in [0.15, 0.2) is 5.78 Å². The number of nitrogens with one attached hydrogen (secondary N) is 1. The molecule has 1 N–H and O–H groups in total. The van der Waals surface area contributed by atoms with Crippen LogP contribution in [0.2, 0.25) is 0 Å². The Hall–Kier alpha value is -1.35. The molecule has 0 saturated carbocycles. The van der Waals surface area contributed by atoms with E-state index >= 15 is 0 Å². The Bertz CT molecular complexity index is 508. The first-order valence-electron chi connectivity index (χ1n) is 8.07. The topological polar surface area (TPSA) is 38.3 Å². The Morgan fingerprint density at radius 3 is 2.81 bits per heavy atom. The van der Waals surface area contributed by atoms with Crippen molar-refractivity contribution in [1.82, 2.24) is 5.32 Å². The van der Waals surface area contributed by atoms with Crippen LogP contribution in [0.3, 0.4) is 0 Å². The van der Waals surface area contributed by atoms with Crippen molar-refractivity contribution < 1.29 is 9.53 Å². The molecule has 1 atom stereocenters. The second-order valence-corrected chi connectivity index (χ2v) is 6.26. The van der Waals surface area contributed by atoms with Crippen LogP contribution in [-0.2, 0) is 0 Å². The minimum absolute atomic E-state index is 0.0614. The summed E-state index contributed by atoms with van der Waals surface area (Å²) < 4.78 is 5.92. The van der Waals surface area contributed by atoms with Gasteiger partial charge in [0.25, 0.3) is 0 Å². The minimum atomic E-state index is -0.0614. The van der Waals surface area contributed by atoms with E-state index in [-0.39, 0.29) is 11.7 Å². The van der Waals surface area contributed by atoms with Crippen LogP contribution in [0.1, 0.15) is 61.0 Å². The van der Waals surface area contributed by atoms with Crippen molar-refractivity contribution in [2.75, 3.05) is 19.7 Å². The summed E-state index contributed by atoms with van der Waals surface area (Å²) in [4.78, 5) is 12.8. The van der Waals surface area contributed by atoms with E-state index < -0.39 is 0 Å². The number of aryl methyl sites for hydroxylation is 1. The quantitative estimate of drug-likeness (QED) is 0.812. The summed E-state index contributed by atoms with van der Waals surface area (Å²) in [5, 5.41) is 3.38. The summed E-state index contributed by atoms with van der Waals surface area (Å²) in [6.45, 7) is 10.6. The van der Waals surface area contributed by atoms with E-state index in [1.165, 1.54) is 6.42 Å². The molecule has 1 aliphatic heterocycles. The fraction of sp³-hybridized carbons (Fsp3) is 0.611. The number of ether oxygens (including phenoxy) is 1. The first-order chi connectivity index (χ1) is 10.1. The highest BCUT2D eigenvalue weighted by Gasteiger charge is 2.32. The van der Waals surface area contributed by atoms with Crippen LogP contribution in [0.5, 0.6) is 5.75 Å². The second kappa shape index (κ2) is 7.08. The average Bonchev–Trinajstić information content (AvgIpc) is 2.46. The zero-order valence-electron chi connectivity index (χ0n) is 13.7. The summed E-state index contributed by atoms with van der Waals surface area (Å²) in [7, 11) is 0. The maximum Gasteiger partial charge on any atom is 0.174 e. The molecular weight excluding hydrogens is 262 g/mol. The number of unbranched alkanes of at least 4 members (excludes halogenated alkanes) is 1. The van der Waals surface area contributed by atoms with Gasteiger partial charge in [0.05, 0.1) is 18.1 Å². The number of benzene rings is 1. The van der Waals surface area contributed by atoms with Crippen molar-refractivity contribution in [2.45, 2.75) is 46.5 Å². The van der Waals surface area contributed by atoms with Gasteiger partial charge in [-0.25, -0.2) is 0 Å². The lowest BCUT2D eigenvalue weighted by Crippen LogP contribution is -2.37. The number of hydrogen-bond acceptors (Lipinski definition) is 3. The Kier molecular flexibility index (Phi) is 5.40. The van der Waals surface area contributed by atoms with Crippen molar-refractivity contribution in [3.05, 3.63) is 28.8 Å². The van der Waals surface area contributed by atoms with Gasteiger partial charge in [-0.15, -0.1) is 0 Å². The Balaban J connectivity index is 2.19. The van der Waals surface area contributed by atoms with Crippen LogP contribution in [0.4, 0.5) is 0 Å². The van der Waals surface area contributed by atoms with Gasteiger partial charge in [-0.2, -0.15) is 0 Å². The lowest BCUT2D eigenvalue weighted by atomic mass is 9.86. The minimum Gasteiger partial charge on any atom is -0.492 e. The molecule has 116 valence electrons. The Labute approximate surface area is 128 Å². The predicted molar refractivity (Wildman–Crippen MR) is 86.4 cm³/mol. The van der Waals surface area contributed by atoms with Crippen LogP contribution in [0.25, 0.3) is 0 Å². The SMILES string of the molecule is CCCCNC[C@@H]1COc2c(C)ccc(C(C)C)c2C1=O. The van der Waals surface area contributed by atoms with Gasteiger partial charge < -0.3 is 10.1 Å². The zero-order chi connectivity index (χ0) is 15.4. The largest absolute Gasteiger partial charge is 0.492 e. The van der Waals surface area contributed by atoms with E-state index in [9.17, 15) is 4.79 Å². The lowest BCUT2D eigenvalue weighted by Gasteiger charge is -2.28. The first-order valence-corrected chi connectivity index (χ1v) is 8.07. The fourth-order valence-electron chi connectivity index (χ4n) is 2.82. The number of rotatable bonds is 6. The monoisotopic (exact) mass is 289 g/mol. The molecule has 0 radical (unpaired) electrons. The highest BCUT2D eigenvalue weighted by molar-refractivity contribution is 6.03. The number of carbonyl (C=O) groups is 1. The maximum atomic E-state index is 12.8. The molecule has 1 heterocycles. The third-order valence-electron chi connectivity index (χ3n) is 4.15. The molecular formula is C18H27NO2. The molecule has 1 aromatic rings. The van der Waals surface area contributed by atoms with Crippen molar-refractivity contribution in [2.24, 2.45) is 5.92 Å². The molecule has 2 rings (SSSR count). The molecule has 0 spiro atoms. The molecule has 0 amide bonds. The van der Waals surface area contributed by atoms with Crippen molar-refractivity contribution in [3.8, 4) is 5.75 Å². The van der Waals surface area contributed by atoms with Crippen LogP contribution in [-0.4, -0.2) is 25.5 Å². The van der Waals surface area contributed by atoms with E-state index in [0.29, 0.717) is 19.1 Å². The number of Topliss-reactive ketones (excluding diaryl/α,β-unsaturated/α-hetero) is 1. The van der Waals surface area contributed by atoms with Gasteiger partial charge in [-0.1, -0.05) is 39.3 Å². The van der Waals surface area contributed by atoms with E-state index in [1.807, 2.05) is 6.92 Å². The van der Waals surface area contributed by atoms with E-state index in [2.05, 4.69) is 38.2 Å². The summed E-state index contributed by atoms with van der Waals surface area (Å²) >= 11 is 0. The molecule has 1 aliphatic rings. The summed E-state index contributed by atoms with van der Waals surface area (Å²) in [6.07, 6.45) is 2.32. The van der Waals surface area contributed by atoms with Gasteiger partial charge >= 0.3 is 0 Å². The highest BCUT2D eigenvalue weighted by Crippen LogP contribution is 2.36. The summed E-state index contributed by atoms with van der Waals surface area (Å²) in [5.74, 6) is 1.32. The molecule has 0 aromatic heterocycles.